The molecule has 0 unspecified atom stereocenters. The monoisotopic (exact) mass is 567 g/mol. The highest BCUT2D eigenvalue weighted by Gasteiger charge is 2.42. The predicted octanol–water partition coefficient (Wildman–Crippen LogP) is 4.45. The maximum Gasteiger partial charge on any atom is 0.259 e. The number of aliphatic imine (C=N–C) groups is 2. The molecular formula is C26H22ClN5O4S2. The van der Waals surface area contributed by atoms with Gasteiger partial charge in [-0.05, 0) is 41.8 Å². The molecule has 3 aromatic rings. The number of carbonyl (C=O) groups excluding carboxylic acids is 3. The van der Waals surface area contributed by atoms with E-state index in [1.54, 1.807) is 29.5 Å². The average Bonchev–Trinajstić information content (AvgIpc) is 3.55. The van der Waals surface area contributed by atoms with Gasteiger partial charge >= 0.3 is 0 Å². The number of anilines is 1. The van der Waals surface area contributed by atoms with Crippen molar-refractivity contribution >= 4 is 74.8 Å². The first-order valence-corrected chi connectivity index (χ1v) is 13.8. The minimum absolute atomic E-state index is 0.00627. The fourth-order valence-corrected chi connectivity index (χ4v) is 5.65. The minimum atomic E-state index is -0.874. The molecule has 1 aromatic heterocycles. The molecule has 0 aliphatic carbocycles. The lowest BCUT2D eigenvalue weighted by molar-refractivity contribution is -0.128. The molecule has 0 saturated carbocycles. The first kappa shape index (κ1) is 26.0. The highest BCUT2D eigenvalue weighted by Crippen LogP contribution is 2.34. The van der Waals surface area contributed by atoms with E-state index in [9.17, 15) is 14.4 Å². The van der Waals surface area contributed by atoms with Crippen LogP contribution in [0, 0.1) is 0 Å². The number of thioether (sulfide) groups is 1. The lowest BCUT2D eigenvalue weighted by Gasteiger charge is -2.25. The van der Waals surface area contributed by atoms with E-state index in [4.69, 9.17) is 16.3 Å². The Bertz CT molecular complexity index is 1460. The zero-order chi connectivity index (χ0) is 26.6. The van der Waals surface area contributed by atoms with Crippen molar-refractivity contribution in [1.29, 1.82) is 0 Å². The van der Waals surface area contributed by atoms with Crippen LogP contribution in [0.2, 0.25) is 5.02 Å². The van der Waals surface area contributed by atoms with Crippen LogP contribution in [0.4, 0.5) is 11.4 Å². The Hall–Kier alpha value is -3.67. The van der Waals surface area contributed by atoms with Gasteiger partial charge in [-0.1, -0.05) is 41.6 Å². The summed E-state index contributed by atoms with van der Waals surface area (Å²) < 4.78 is 5.14. The van der Waals surface area contributed by atoms with Gasteiger partial charge < -0.3 is 15.4 Å². The van der Waals surface area contributed by atoms with Crippen LogP contribution in [0.1, 0.15) is 16.9 Å². The second-order valence-corrected chi connectivity index (χ2v) is 10.7. The van der Waals surface area contributed by atoms with Crippen molar-refractivity contribution in [3.8, 4) is 5.75 Å². The maximum atomic E-state index is 13.4. The number of methoxy groups -OCH3 is 1. The van der Waals surface area contributed by atoms with Crippen molar-refractivity contribution in [3.63, 3.8) is 0 Å². The number of hydrogen-bond donors (Lipinski definition) is 2. The molecule has 5 rings (SSSR count). The molecule has 0 radical (unpaired) electrons. The van der Waals surface area contributed by atoms with Crippen molar-refractivity contribution < 1.29 is 19.1 Å². The number of fused-ring (bicyclic) bond motifs is 3. The minimum Gasteiger partial charge on any atom is -0.495 e. The number of rotatable bonds is 8. The topological polar surface area (TPSA) is 112 Å². The SMILES string of the molecule is COc1ccc(NC(=O)CSC2=Nc3ccccc3C3=N[C@H](CC(=O)NCc4cccs4)C(=O)N23)cc1Cl. The van der Waals surface area contributed by atoms with Gasteiger partial charge in [0.1, 0.15) is 17.6 Å². The number of amides is 3. The summed E-state index contributed by atoms with van der Waals surface area (Å²) in [5.41, 5.74) is 1.86. The maximum absolute atomic E-state index is 13.4. The normalized spacial score (nSPS) is 15.8. The number of nitrogens with one attached hydrogen (secondary N) is 2. The predicted molar refractivity (Wildman–Crippen MR) is 151 cm³/mol. The van der Waals surface area contributed by atoms with Crippen LogP contribution in [0.25, 0.3) is 0 Å². The Morgan fingerprint density at radius 3 is 2.76 bits per heavy atom. The van der Waals surface area contributed by atoms with Crippen LogP contribution < -0.4 is 15.4 Å². The van der Waals surface area contributed by atoms with Crippen molar-refractivity contribution in [2.24, 2.45) is 9.98 Å². The molecule has 2 aliphatic rings. The lowest BCUT2D eigenvalue weighted by atomic mass is 10.1. The number of benzene rings is 2. The Kier molecular flexibility index (Phi) is 7.77. The van der Waals surface area contributed by atoms with E-state index in [1.807, 2.05) is 41.8 Å². The summed E-state index contributed by atoms with van der Waals surface area (Å²) in [5.74, 6) is 0.0119. The van der Waals surface area contributed by atoms with Crippen molar-refractivity contribution in [2.45, 2.75) is 19.0 Å². The number of nitrogens with zero attached hydrogens (tertiary/aromatic N) is 3. The van der Waals surface area contributed by atoms with Crippen LogP contribution in [0.5, 0.6) is 5.75 Å². The van der Waals surface area contributed by atoms with Crippen LogP contribution in [-0.4, -0.2) is 52.5 Å². The van der Waals surface area contributed by atoms with E-state index in [0.29, 0.717) is 45.3 Å². The summed E-state index contributed by atoms with van der Waals surface area (Å²) in [4.78, 5) is 50.3. The van der Waals surface area contributed by atoms with Crippen LogP contribution in [-0.2, 0) is 20.9 Å². The van der Waals surface area contributed by atoms with Crippen LogP contribution in [0.3, 0.4) is 0 Å². The lowest BCUT2D eigenvalue weighted by Crippen LogP contribution is -2.42. The van der Waals surface area contributed by atoms with E-state index in [1.165, 1.54) is 12.0 Å². The van der Waals surface area contributed by atoms with E-state index >= 15 is 0 Å². The fraction of sp³-hybridized carbons (Fsp3) is 0.192. The van der Waals surface area contributed by atoms with E-state index in [-0.39, 0.29) is 29.9 Å². The van der Waals surface area contributed by atoms with Gasteiger partial charge in [-0.15, -0.1) is 11.3 Å². The third-order valence-corrected chi connectivity index (χ3v) is 7.84. The molecule has 9 nitrogen and oxygen atoms in total. The van der Waals surface area contributed by atoms with Gasteiger partial charge in [0.25, 0.3) is 5.91 Å². The molecule has 0 saturated heterocycles. The van der Waals surface area contributed by atoms with Gasteiger partial charge in [0, 0.05) is 16.1 Å². The second kappa shape index (κ2) is 11.4. The molecule has 38 heavy (non-hydrogen) atoms. The molecule has 3 amide bonds. The summed E-state index contributed by atoms with van der Waals surface area (Å²) in [6.45, 7) is 0.400. The number of para-hydroxylation sites is 1. The highest BCUT2D eigenvalue weighted by molar-refractivity contribution is 8.14. The van der Waals surface area contributed by atoms with Crippen LogP contribution >= 0.6 is 34.7 Å². The standard InChI is InChI=1S/C26H22ClN5O4S2/c1-36-21-9-8-15(11-18(21)27)29-23(34)14-38-26-31-19-7-3-2-6-17(19)24-30-20(25(35)32(24)26)12-22(33)28-13-16-5-4-10-37-16/h2-11,20H,12-14H2,1H3,(H,28,33)(H,29,34)/t20-/m1/s1. The molecule has 194 valence electrons. The second-order valence-electron chi connectivity index (χ2n) is 8.30. The average molecular weight is 568 g/mol. The van der Waals surface area contributed by atoms with Crippen molar-refractivity contribution in [2.75, 3.05) is 18.2 Å². The molecule has 0 spiro atoms. The number of hydrogen-bond acceptors (Lipinski definition) is 8. The van der Waals surface area contributed by atoms with Gasteiger partial charge in [-0.2, -0.15) is 0 Å². The van der Waals surface area contributed by atoms with Crippen LogP contribution in [0.15, 0.2) is 70.0 Å². The van der Waals surface area contributed by atoms with Gasteiger partial charge in [0.2, 0.25) is 11.8 Å². The molecule has 0 fully saturated rings. The Labute approximate surface area is 231 Å². The fourth-order valence-electron chi connectivity index (χ4n) is 3.95. The van der Waals surface area contributed by atoms with E-state index in [2.05, 4.69) is 20.6 Å². The molecular weight excluding hydrogens is 546 g/mol. The zero-order valence-corrected chi connectivity index (χ0v) is 22.5. The highest BCUT2D eigenvalue weighted by atomic mass is 35.5. The Morgan fingerprint density at radius 1 is 1.16 bits per heavy atom. The molecule has 2 aliphatic heterocycles. The molecule has 1 atom stereocenters. The number of thiophene rings is 1. The summed E-state index contributed by atoms with van der Waals surface area (Å²) in [6.07, 6.45) is -0.0803. The third kappa shape index (κ3) is 5.59. The molecule has 3 heterocycles. The smallest absolute Gasteiger partial charge is 0.259 e. The largest absolute Gasteiger partial charge is 0.495 e. The van der Waals surface area contributed by atoms with Gasteiger partial charge in [0.05, 0.1) is 36.5 Å². The third-order valence-electron chi connectivity index (χ3n) is 5.73. The number of amidine groups is 2. The first-order chi connectivity index (χ1) is 18.4. The number of ether oxygens (including phenoxy) is 1. The van der Waals surface area contributed by atoms with Crippen molar-refractivity contribution in [1.82, 2.24) is 10.2 Å². The zero-order valence-electron chi connectivity index (χ0n) is 20.1. The number of halogens is 1. The van der Waals surface area contributed by atoms with Gasteiger partial charge in [0.15, 0.2) is 5.17 Å². The Morgan fingerprint density at radius 2 is 2.00 bits per heavy atom. The molecule has 2 aromatic carbocycles. The summed E-state index contributed by atoms with van der Waals surface area (Å²) in [6, 6.07) is 15.3. The molecule has 2 N–H and O–H groups in total. The summed E-state index contributed by atoms with van der Waals surface area (Å²) in [5, 5.41) is 8.27. The Balaban J connectivity index is 1.28. The van der Waals surface area contributed by atoms with Gasteiger partial charge in [-0.3, -0.25) is 19.4 Å². The van der Waals surface area contributed by atoms with E-state index in [0.717, 1.165) is 16.6 Å². The van der Waals surface area contributed by atoms with Gasteiger partial charge in [-0.25, -0.2) is 9.89 Å². The van der Waals surface area contributed by atoms with Crippen molar-refractivity contribution in [3.05, 3.63) is 75.4 Å². The first-order valence-electron chi connectivity index (χ1n) is 11.6. The van der Waals surface area contributed by atoms with E-state index < -0.39 is 6.04 Å². The number of carbonyl (C=O) groups is 3. The summed E-state index contributed by atoms with van der Waals surface area (Å²) in [7, 11) is 1.51. The molecule has 0 bridgehead atoms. The molecule has 12 heteroatoms. The quantitative estimate of drug-likeness (QED) is 0.418. The summed E-state index contributed by atoms with van der Waals surface area (Å²) >= 11 is 8.81.